The van der Waals surface area contributed by atoms with Crippen molar-refractivity contribution in [3.8, 4) is 0 Å². The Morgan fingerprint density at radius 1 is 1.15 bits per heavy atom. The molecule has 2 heteroatoms. The van der Waals surface area contributed by atoms with Gasteiger partial charge in [0, 0.05) is 12.0 Å². The van der Waals surface area contributed by atoms with Crippen LogP contribution < -0.4 is 5.32 Å². The molecule has 0 bridgehead atoms. The third-order valence-corrected chi connectivity index (χ3v) is 3.08. The summed E-state index contributed by atoms with van der Waals surface area (Å²) in [6, 6.07) is 0.396. The molecule has 0 aromatic rings. The lowest BCUT2D eigenvalue weighted by Crippen LogP contribution is -2.36. The molecule has 1 N–H and O–H groups in total. The molecule has 1 saturated carbocycles. The van der Waals surface area contributed by atoms with Gasteiger partial charge < -0.3 is 5.32 Å². The van der Waals surface area contributed by atoms with Crippen LogP contribution in [0.5, 0.6) is 0 Å². The Morgan fingerprint density at radius 2 is 1.77 bits per heavy atom. The Morgan fingerprint density at radius 3 is 2.38 bits per heavy atom. The molecule has 1 amide bonds. The normalized spacial score (nSPS) is 24.0. The first kappa shape index (κ1) is 8.79. The third kappa shape index (κ3) is 2.11. The molecule has 0 heterocycles. The third-order valence-electron chi connectivity index (χ3n) is 3.08. The number of nitrogens with one attached hydrogen (secondary N) is 1. The van der Waals surface area contributed by atoms with E-state index in [1.807, 2.05) is 0 Å². The van der Waals surface area contributed by atoms with Gasteiger partial charge in [0.25, 0.3) is 0 Å². The van der Waals surface area contributed by atoms with Crippen LogP contribution in [0.1, 0.15) is 38.5 Å². The van der Waals surface area contributed by atoms with Crippen molar-refractivity contribution in [3.63, 3.8) is 0 Å². The zero-order valence-electron chi connectivity index (χ0n) is 7.96. The van der Waals surface area contributed by atoms with E-state index in [-0.39, 0.29) is 0 Å². The Hall–Kier alpha value is -0.790. The summed E-state index contributed by atoms with van der Waals surface area (Å²) >= 11 is 0. The Labute approximate surface area is 79.4 Å². The minimum atomic E-state index is 0.297. The van der Waals surface area contributed by atoms with E-state index in [4.69, 9.17) is 0 Å². The van der Waals surface area contributed by atoms with Gasteiger partial charge in [0.2, 0.25) is 5.91 Å². The number of carbonyl (C=O) groups excluding carboxylic acids is 1. The molecule has 2 nitrogen and oxygen atoms in total. The number of amides is 1. The van der Waals surface area contributed by atoms with Crippen LogP contribution in [0.2, 0.25) is 0 Å². The van der Waals surface area contributed by atoms with E-state index < -0.39 is 0 Å². The summed E-state index contributed by atoms with van der Waals surface area (Å²) in [7, 11) is 0. The van der Waals surface area contributed by atoms with Gasteiger partial charge in [-0.1, -0.05) is 25.0 Å². The van der Waals surface area contributed by atoms with Gasteiger partial charge in [-0.25, -0.2) is 0 Å². The summed E-state index contributed by atoms with van der Waals surface area (Å²) in [4.78, 5) is 11.7. The highest BCUT2D eigenvalue weighted by molar-refractivity contribution is 5.79. The molecule has 2 aliphatic carbocycles. The molecule has 0 radical (unpaired) electrons. The maximum Gasteiger partial charge on any atom is 0.223 e. The highest BCUT2D eigenvalue weighted by Gasteiger charge is 2.24. The van der Waals surface area contributed by atoms with E-state index in [1.54, 1.807) is 0 Å². The van der Waals surface area contributed by atoms with Gasteiger partial charge in [-0.2, -0.15) is 0 Å². The van der Waals surface area contributed by atoms with Crippen LogP contribution in [-0.2, 0) is 4.79 Å². The minimum Gasteiger partial charge on any atom is -0.353 e. The second-order valence-corrected chi connectivity index (χ2v) is 4.13. The van der Waals surface area contributed by atoms with Crippen LogP contribution in [0.15, 0.2) is 12.2 Å². The predicted octanol–water partition coefficient (Wildman–Crippen LogP) is 2.01. The van der Waals surface area contributed by atoms with Gasteiger partial charge in [-0.05, 0) is 25.7 Å². The van der Waals surface area contributed by atoms with Crippen LogP contribution in [0.3, 0.4) is 0 Å². The summed E-state index contributed by atoms with van der Waals surface area (Å²) < 4.78 is 0. The van der Waals surface area contributed by atoms with Gasteiger partial charge in [-0.3, -0.25) is 4.79 Å². The molecule has 0 aromatic heterocycles. The lowest BCUT2D eigenvalue weighted by Gasteiger charge is -2.15. The maximum absolute atomic E-state index is 11.7. The standard InChI is InChI=1S/C11H17NO/c13-11(9-5-1-2-6-9)12-10-7-3-4-8-10/h3-4,9-10H,1-2,5-8H2,(H,12,13). The van der Waals surface area contributed by atoms with Crippen molar-refractivity contribution in [1.29, 1.82) is 0 Å². The minimum absolute atomic E-state index is 0.297. The first-order valence-electron chi connectivity index (χ1n) is 5.31. The molecular weight excluding hydrogens is 162 g/mol. The Bertz CT molecular complexity index is 208. The number of carbonyl (C=O) groups is 1. The topological polar surface area (TPSA) is 29.1 Å². The zero-order valence-corrected chi connectivity index (χ0v) is 7.96. The molecular formula is C11H17NO. The van der Waals surface area contributed by atoms with Gasteiger partial charge >= 0.3 is 0 Å². The van der Waals surface area contributed by atoms with Gasteiger partial charge in [-0.15, -0.1) is 0 Å². The van der Waals surface area contributed by atoms with Gasteiger partial charge in [0.05, 0.1) is 0 Å². The van der Waals surface area contributed by atoms with E-state index in [2.05, 4.69) is 17.5 Å². The molecule has 1 fully saturated rings. The molecule has 72 valence electrons. The summed E-state index contributed by atoms with van der Waals surface area (Å²) in [5.41, 5.74) is 0. The molecule has 2 rings (SSSR count). The van der Waals surface area contributed by atoms with Crippen molar-refractivity contribution in [1.82, 2.24) is 5.32 Å². The van der Waals surface area contributed by atoms with Crippen LogP contribution >= 0.6 is 0 Å². The first-order valence-corrected chi connectivity index (χ1v) is 5.31. The molecule has 0 atom stereocenters. The van der Waals surface area contributed by atoms with Crippen molar-refractivity contribution in [3.05, 3.63) is 12.2 Å². The van der Waals surface area contributed by atoms with Crippen molar-refractivity contribution in [2.45, 2.75) is 44.6 Å². The second kappa shape index (κ2) is 3.95. The first-order chi connectivity index (χ1) is 6.36. The van der Waals surface area contributed by atoms with Crippen molar-refractivity contribution < 1.29 is 4.79 Å². The van der Waals surface area contributed by atoms with Crippen molar-refractivity contribution in [2.75, 3.05) is 0 Å². The smallest absolute Gasteiger partial charge is 0.223 e. The monoisotopic (exact) mass is 179 g/mol. The molecule has 13 heavy (non-hydrogen) atoms. The second-order valence-electron chi connectivity index (χ2n) is 4.13. The maximum atomic E-state index is 11.7. The van der Waals surface area contributed by atoms with Crippen molar-refractivity contribution in [2.24, 2.45) is 5.92 Å². The lowest BCUT2D eigenvalue weighted by atomic mass is 10.1. The van der Waals surface area contributed by atoms with Gasteiger partial charge in [0.15, 0.2) is 0 Å². The van der Waals surface area contributed by atoms with Crippen LogP contribution in [0, 0.1) is 5.92 Å². The van der Waals surface area contributed by atoms with Crippen LogP contribution in [-0.4, -0.2) is 11.9 Å². The highest BCUT2D eigenvalue weighted by Crippen LogP contribution is 2.25. The average molecular weight is 179 g/mol. The molecule has 0 aromatic carbocycles. The molecule has 2 aliphatic rings. The summed E-state index contributed by atoms with van der Waals surface area (Å²) in [6.07, 6.45) is 11.0. The lowest BCUT2D eigenvalue weighted by molar-refractivity contribution is -0.125. The Kier molecular flexibility index (Phi) is 2.67. The summed E-state index contributed by atoms with van der Waals surface area (Å²) in [5, 5.41) is 3.12. The van der Waals surface area contributed by atoms with Crippen LogP contribution in [0.4, 0.5) is 0 Å². The van der Waals surface area contributed by atoms with Crippen molar-refractivity contribution >= 4 is 5.91 Å². The average Bonchev–Trinajstić information content (AvgIpc) is 2.74. The Balaban J connectivity index is 1.77. The fraction of sp³-hybridized carbons (Fsp3) is 0.727. The fourth-order valence-electron chi connectivity index (χ4n) is 2.24. The zero-order chi connectivity index (χ0) is 9.10. The molecule has 0 saturated heterocycles. The number of rotatable bonds is 2. The van der Waals surface area contributed by atoms with E-state index in [1.165, 1.54) is 12.8 Å². The summed E-state index contributed by atoms with van der Waals surface area (Å²) in [6.45, 7) is 0. The predicted molar refractivity (Wildman–Crippen MR) is 52.3 cm³/mol. The quantitative estimate of drug-likeness (QED) is 0.645. The molecule has 0 aliphatic heterocycles. The molecule has 0 unspecified atom stereocenters. The van der Waals surface area contributed by atoms with E-state index >= 15 is 0 Å². The molecule has 0 spiro atoms. The van der Waals surface area contributed by atoms with Gasteiger partial charge in [0.1, 0.15) is 0 Å². The number of hydrogen-bond donors (Lipinski definition) is 1. The van der Waals surface area contributed by atoms with Crippen LogP contribution in [0.25, 0.3) is 0 Å². The summed E-state index contributed by atoms with van der Waals surface area (Å²) in [5.74, 6) is 0.617. The highest BCUT2D eigenvalue weighted by atomic mass is 16.1. The SMILES string of the molecule is O=C(NC1CC=CC1)C1CCCC1. The fourth-order valence-corrected chi connectivity index (χ4v) is 2.24. The number of hydrogen-bond acceptors (Lipinski definition) is 1. The van der Waals surface area contributed by atoms with E-state index in [0.29, 0.717) is 17.9 Å². The largest absolute Gasteiger partial charge is 0.353 e. The van der Waals surface area contributed by atoms with E-state index in [9.17, 15) is 4.79 Å². The van der Waals surface area contributed by atoms with E-state index in [0.717, 1.165) is 25.7 Å².